The van der Waals surface area contributed by atoms with E-state index in [1.54, 1.807) is 35.6 Å². The lowest BCUT2D eigenvalue weighted by atomic mass is 9.88. The van der Waals surface area contributed by atoms with E-state index in [1.807, 2.05) is 13.0 Å². The highest BCUT2D eigenvalue weighted by Crippen LogP contribution is 2.25. The highest BCUT2D eigenvalue weighted by molar-refractivity contribution is 5.81. The van der Waals surface area contributed by atoms with Crippen molar-refractivity contribution in [1.82, 2.24) is 20.3 Å². The lowest BCUT2D eigenvalue weighted by Crippen LogP contribution is -2.48. The average Bonchev–Trinajstić information content (AvgIpc) is 2.66. The standard InChI is InChI=1S/C18H21N5O3/c1-12-4-6-20-18(22-12)23-10-14(7-15(11-23)17(25)26)16(24)21-9-13-3-2-5-19-8-13/h2-6,8,14-15H,7,9-11H2,1H3,(H,21,24)(H,25,26)/t14-,15+/m1/s1. The summed E-state index contributed by atoms with van der Waals surface area (Å²) in [5, 5.41) is 12.3. The van der Waals surface area contributed by atoms with Gasteiger partial charge in [-0.3, -0.25) is 14.6 Å². The molecule has 2 N–H and O–H groups in total. The fraction of sp³-hybridized carbons (Fsp3) is 0.389. The number of pyridine rings is 1. The molecule has 0 unspecified atom stereocenters. The molecule has 1 fully saturated rings. The van der Waals surface area contributed by atoms with Crippen LogP contribution in [0.5, 0.6) is 0 Å². The van der Waals surface area contributed by atoms with Crippen LogP contribution in [0.2, 0.25) is 0 Å². The van der Waals surface area contributed by atoms with Gasteiger partial charge in [0.15, 0.2) is 0 Å². The average molecular weight is 355 g/mol. The van der Waals surface area contributed by atoms with Crippen molar-refractivity contribution in [2.75, 3.05) is 18.0 Å². The predicted octanol–water partition coefficient (Wildman–Crippen LogP) is 1.02. The van der Waals surface area contributed by atoms with Gasteiger partial charge >= 0.3 is 5.97 Å². The van der Waals surface area contributed by atoms with Gasteiger partial charge in [-0.05, 0) is 31.0 Å². The van der Waals surface area contributed by atoms with E-state index in [4.69, 9.17) is 0 Å². The molecule has 1 amide bonds. The fourth-order valence-corrected chi connectivity index (χ4v) is 3.06. The minimum Gasteiger partial charge on any atom is -0.481 e. The van der Waals surface area contributed by atoms with Crippen LogP contribution in [0, 0.1) is 18.8 Å². The normalized spacial score (nSPS) is 19.8. The third-order valence-corrected chi connectivity index (χ3v) is 4.43. The molecule has 0 saturated carbocycles. The first kappa shape index (κ1) is 17.8. The van der Waals surface area contributed by atoms with Crippen molar-refractivity contribution >= 4 is 17.8 Å². The second-order valence-corrected chi connectivity index (χ2v) is 6.45. The molecule has 0 spiro atoms. The van der Waals surface area contributed by atoms with E-state index < -0.39 is 17.8 Å². The Bertz CT molecular complexity index is 783. The van der Waals surface area contributed by atoms with Crippen molar-refractivity contribution in [2.24, 2.45) is 11.8 Å². The molecule has 3 heterocycles. The molecule has 3 rings (SSSR count). The largest absolute Gasteiger partial charge is 0.481 e. The highest BCUT2D eigenvalue weighted by atomic mass is 16.4. The number of carboxylic acid groups (broad SMARTS) is 1. The van der Waals surface area contributed by atoms with Crippen molar-refractivity contribution in [3.8, 4) is 0 Å². The number of carbonyl (C=O) groups is 2. The number of hydrogen-bond donors (Lipinski definition) is 2. The highest BCUT2D eigenvalue weighted by Gasteiger charge is 2.36. The second-order valence-electron chi connectivity index (χ2n) is 6.45. The zero-order valence-corrected chi connectivity index (χ0v) is 14.5. The van der Waals surface area contributed by atoms with Crippen LogP contribution in [0.15, 0.2) is 36.8 Å². The van der Waals surface area contributed by atoms with Crippen molar-refractivity contribution in [3.05, 3.63) is 48.0 Å². The number of carboxylic acids is 1. The van der Waals surface area contributed by atoms with Crippen LogP contribution < -0.4 is 10.2 Å². The Morgan fingerprint density at radius 2 is 2.08 bits per heavy atom. The van der Waals surface area contributed by atoms with Crippen molar-refractivity contribution < 1.29 is 14.7 Å². The van der Waals surface area contributed by atoms with Gasteiger partial charge in [0.25, 0.3) is 0 Å². The van der Waals surface area contributed by atoms with Crippen molar-refractivity contribution in [2.45, 2.75) is 19.9 Å². The Kier molecular flexibility index (Phi) is 5.40. The van der Waals surface area contributed by atoms with Gasteiger partial charge < -0.3 is 15.3 Å². The minimum atomic E-state index is -0.910. The molecular formula is C18H21N5O3. The third kappa shape index (κ3) is 4.33. The number of aliphatic carboxylic acids is 1. The van der Waals surface area contributed by atoms with Gasteiger partial charge in [-0.15, -0.1) is 0 Å². The summed E-state index contributed by atoms with van der Waals surface area (Å²) in [6.07, 6.45) is 5.30. The quantitative estimate of drug-likeness (QED) is 0.824. The summed E-state index contributed by atoms with van der Waals surface area (Å²) in [5.74, 6) is -1.70. The molecule has 1 aliphatic rings. The Morgan fingerprint density at radius 3 is 2.77 bits per heavy atom. The summed E-state index contributed by atoms with van der Waals surface area (Å²) in [6, 6.07) is 5.46. The topological polar surface area (TPSA) is 108 Å². The first-order valence-corrected chi connectivity index (χ1v) is 8.47. The van der Waals surface area contributed by atoms with E-state index in [1.165, 1.54) is 0 Å². The number of carbonyl (C=O) groups excluding carboxylic acids is 1. The van der Waals surface area contributed by atoms with E-state index in [0.717, 1.165) is 11.3 Å². The predicted molar refractivity (Wildman–Crippen MR) is 94.3 cm³/mol. The van der Waals surface area contributed by atoms with Crippen LogP contribution in [-0.4, -0.2) is 45.0 Å². The number of aryl methyl sites for hydroxylation is 1. The van der Waals surface area contributed by atoms with Gasteiger partial charge in [0.2, 0.25) is 11.9 Å². The van der Waals surface area contributed by atoms with Gasteiger partial charge in [-0.1, -0.05) is 6.07 Å². The molecule has 0 aliphatic carbocycles. The Morgan fingerprint density at radius 1 is 1.27 bits per heavy atom. The molecule has 8 nitrogen and oxygen atoms in total. The summed E-state index contributed by atoms with van der Waals surface area (Å²) in [5.41, 5.74) is 1.69. The molecule has 1 aliphatic heterocycles. The van der Waals surface area contributed by atoms with Gasteiger partial charge in [0.05, 0.1) is 11.8 Å². The Labute approximate surface area is 151 Å². The van der Waals surface area contributed by atoms with Crippen LogP contribution in [-0.2, 0) is 16.1 Å². The summed E-state index contributed by atoms with van der Waals surface area (Å²) in [7, 11) is 0. The molecule has 0 bridgehead atoms. The molecule has 2 aromatic rings. The maximum Gasteiger partial charge on any atom is 0.308 e. The van der Waals surface area contributed by atoms with E-state index in [9.17, 15) is 14.7 Å². The molecule has 0 aromatic carbocycles. The zero-order valence-electron chi connectivity index (χ0n) is 14.5. The molecule has 136 valence electrons. The molecule has 26 heavy (non-hydrogen) atoms. The number of nitrogens with zero attached hydrogens (tertiary/aromatic N) is 4. The maximum atomic E-state index is 12.6. The molecular weight excluding hydrogens is 334 g/mol. The molecule has 0 radical (unpaired) electrons. The summed E-state index contributed by atoms with van der Waals surface area (Å²) in [6.45, 7) is 2.90. The van der Waals surface area contributed by atoms with Gasteiger partial charge in [0.1, 0.15) is 0 Å². The van der Waals surface area contributed by atoms with Crippen molar-refractivity contribution in [1.29, 1.82) is 0 Å². The number of piperidine rings is 1. The SMILES string of the molecule is Cc1ccnc(N2C[C@@H](C(=O)O)C[C@@H](C(=O)NCc3cccnc3)C2)n1. The Hall–Kier alpha value is -3.03. The van der Waals surface area contributed by atoms with Crippen LogP contribution in [0.25, 0.3) is 0 Å². The molecule has 1 saturated heterocycles. The lowest BCUT2D eigenvalue weighted by Gasteiger charge is -2.35. The summed E-state index contributed by atoms with van der Waals surface area (Å²) in [4.78, 5) is 38.5. The van der Waals surface area contributed by atoms with E-state index in [2.05, 4.69) is 20.3 Å². The van der Waals surface area contributed by atoms with Gasteiger partial charge in [0, 0.05) is 43.9 Å². The van der Waals surface area contributed by atoms with Gasteiger partial charge in [-0.25, -0.2) is 9.97 Å². The molecule has 8 heteroatoms. The number of nitrogens with one attached hydrogen (secondary N) is 1. The van der Waals surface area contributed by atoms with E-state index in [-0.39, 0.29) is 5.91 Å². The van der Waals surface area contributed by atoms with Crippen LogP contribution in [0.4, 0.5) is 5.95 Å². The number of hydrogen-bond acceptors (Lipinski definition) is 6. The lowest BCUT2D eigenvalue weighted by molar-refractivity contribution is -0.143. The van der Waals surface area contributed by atoms with Crippen LogP contribution in [0.1, 0.15) is 17.7 Å². The summed E-state index contributed by atoms with van der Waals surface area (Å²) < 4.78 is 0. The van der Waals surface area contributed by atoms with Crippen molar-refractivity contribution in [3.63, 3.8) is 0 Å². The minimum absolute atomic E-state index is 0.169. The number of anilines is 1. The smallest absolute Gasteiger partial charge is 0.308 e. The summed E-state index contributed by atoms with van der Waals surface area (Å²) >= 11 is 0. The fourth-order valence-electron chi connectivity index (χ4n) is 3.06. The molecule has 2 atom stereocenters. The first-order chi connectivity index (χ1) is 12.5. The van der Waals surface area contributed by atoms with Crippen LogP contribution >= 0.6 is 0 Å². The number of amides is 1. The van der Waals surface area contributed by atoms with Gasteiger partial charge in [-0.2, -0.15) is 0 Å². The second kappa shape index (κ2) is 7.90. The molecule has 2 aromatic heterocycles. The maximum absolute atomic E-state index is 12.6. The number of aromatic nitrogens is 3. The third-order valence-electron chi connectivity index (χ3n) is 4.43. The number of rotatable bonds is 5. The van der Waals surface area contributed by atoms with E-state index >= 15 is 0 Å². The monoisotopic (exact) mass is 355 g/mol. The zero-order chi connectivity index (χ0) is 18.5. The van der Waals surface area contributed by atoms with Crippen LogP contribution in [0.3, 0.4) is 0 Å². The first-order valence-electron chi connectivity index (χ1n) is 8.47. The Balaban J connectivity index is 1.70. The van der Waals surface area contributed by atoms with E-state index in [0.29, 0.717) is 32.0 Å².